The van der Waals surface area contributed by atoms with Gasteiger partial charge in [0.05, 0.1) is 25.5 Å². The van der Waals surface area contributed by atoms with E-state index in [1.54, 1.807) is 4.68 Å². The molecule has 3 aromatic rings. The lowest BCUT2D eigenvalue weighted by Gasteiger charge is -2.28. The van der Waals surface area contributed by atoms with E-state index in [0.29, 0.717) is 37.9 Å². The third-order valence-corrected chi connectivity index (χ3v) is 4.94. The van der Waals surface area contributed by atoms with Gasteiger partial charge in [-0.1, -0.05) is 23.8 Å². The molecule has 0 amide bonds. The van der Waals surface area contributed by atoms with E-state index in [2.05, 4.69) is 33.9 Å². The number of nitrogens with zero attached hydrogens (tertiary/aromatic N) is 5. The first-order valence-electron chi connectivity index (χ1n) is 9.70. The van der Waals surface area contributed by atoms with Gasteiger partial charge < -0.3 is 19.8 Å². The molecule has 8 nitrogen and oxygen atoms in total. The Balaban J connectivity index is 1.77. The second kappa shape index (κ2) is 8.28. The summed E-state index contributed by atoms with van der Waals surface area (Å²) < 4.78 is 7.17. The van der Waals surface area contributed by atoms with Crippen molar-refractivity contribution in [3.8, 4) is 17.1 Å². The standard InChI is InChI=1S/C21H25N5O3/c1-14-4-3-5-16(10-14)17-11-15(2)26(24-17)20-12-19(25-6-8-29-9-7-25)22-21(23-20)18(28)13-27/h3-5,10-12,18,27-28H,6-9,13H2,1-2H3/t18-/m1/s1. The molecule has 152 valence electrons. The lowest BCUT2D eigenvalue weighted by Crippen LogP contribution is -2.37. The first kappa shape index (κ1) is 19.5. The molecule has 0 bridgehead atoms. The quantitative estimate of drug-likeness (QED) is 0.680. The number of aryl methyl sites for hydroxylation is 2. The largest absolute Gasteiger partial charge is 0.393 e. The number of rotatable bonds is 5. The Bertz CT molecular complexity index is 998. The van der Waals surface area contributed by atoms with Crippen LogP contribution in [-0.4, -0.2) is 62.9 Å². The molecule has 0 aliphatic carbocycles. The van der Waals surface area contributed by atoms with Crippen LogP contribution in [0.25, 0.3) is 17.1 Å². The van der Waals surface area contributed by atoms with E-state index in [4.69, 9.17) is 9.84 Å². The Hall–Kier alpha value is -2.81. The zero-order valence-corrected chi connectivity index (χ0v) is 16.6. The number of aliphatic hydroxyl groups is 2. The van der Waals surface area contributed by atoms with Crippen molar-refractivity contribution < 1.29 is 14.9 Å². The highest BCUT2D eigenvalue weighted by Crippen LogP contribution is 2.24. The number of hydrogen-bond acceptors (Lipinski definition) is 7. The van der Waals surface area contributed by atoms with Gasteiger partial charge in [0.2, 0.25) is 0 Å². The van der Waals surface area contributed by atoms with Gasteiger partial charge in [0, 0.05) is 30.4 Å². The van der Waals surface area contributed by atoms with E-state index in [9.17, 15) is 10.2 Å². The number of morpholine rings is 1. The summed E-state index contributed by atoms with van der Waals surface area (Å²) in [5.74, 6) is 1.42. The van der Waals surface area contributed by atoms with Gasteiger partial charge >= 0.3 is 0 Å². The van der Waals surface area contributed by atoms with Crippen LogP contribution in [0, 0.1) is 13.8 Å². The molecule has 2 N–H and O–H groups in total. The molecule has 0 unspecified atom stereocenters. The average Bonchev–Trinajstić information content (AvgIpc) is 3.15. The second-order valence-electron chi connectivity index (χ2n) is 7.19. The Morgan fingerprint density at radius 2 is 1.83 bits per heavy atom. The lowest BCUT2D eigenvalue weighted by atomic mass is 10.1. The van der Waals surface area contributed by atoms with Crippen LogP contribution in [0.5, 0.6) is 0 Å². The molecule has 4 rings (SSSR count). The fraction of sp³-hybridized carbons (Fsp3) is 0.381. The van der Waals surface area contributed by atoms with E-state index in [1.165, 1.54) is 5.56 Å². The molecule has 8 heteroatoms. The monoisotopic (exact) mass is 395 g/mol. The summed E-state index contributed by atoms with van der Waals surface area (Å²) in [6.45, 7) is 6.22. The van der Waals surface area contributed by atoms with Crippen molar-refractivity contribution in [3.63, 3.8) is 0 Å². The number of anilines is 1. The first-order valence-corrected chi connectivity index (χ1v) is 9.70. The van der Waals surface area contributed by atoms with Crippen molar-refractivity contribution in [2.45, 2.75) is 20.0 Å². The summed E-state index contributed by atoms with van der Waals surface area (Å²) in [4.78, 5) is 11.0. The Labute approximate surface area is 169 Å². The highest BCUT2D eigenvalue weighted by Gasteiger charge is 2.20. The van der Waals surface area contributed by atoms with Crippen molar-refractivity contribution in [1.29, 1.82) is 0 Å². The number of hydrogen-bond donors (Lipinski definition) is 2. The minimum atomic E-state index is -1.15. The summed E-state index contributed by atoms with van der Waals surface area (Å²) >= 11 is 0. The van der Waals surface area contributed by atoms with Gasteiger partial charge in [-0.2, -0.15) is 5.10 Å². The van der Waals surface area contributed by atoms with Gasteiger partial charge in [-0.15, -0.1) is 0 Å². The molecule has 1 fully saturated rings. The van der Waals surface area contributed by atoms with Gasteiger partial charge in [-0.05, 0) is 26.0 Å². The van der Waals surface area contributed by atoms with E-state index >= 15 is 0 Å². The number of aliphatic hydroxyl groups excluding tert-OH is 2. The smallest absolute Gasteiger partial charge is 0.164 e. The maximum atomic E-state index is 10.2. The van der Waals surface area contributed by atoms with E-state index in [-0.39, 0.29) is 5.82 Å². The van der Waals surface area contributed by atoms with Gasteiger partial charge in [-0.3, -0.25) is 0 Å². The number of benzene rings is 1. The molecule has 29 heavy (non-hydrogen) atoms. The van der Waals surface area contributed by atoms with E-state index < -0.39 is 12.7 Å². The van der Waals surface area contributed by atoms with Gasteiger partial charge in [0.15, 0.2) is 11.6 Å². The molecule has 1 aliphatic heterocycles. The van der Waals surface area contributed by atoms with Crippen LogP contribution in [0.4, 0.5) is 5.82 Å². The SMILES string of the molecule is Cc1cccc(-c2cc(C)n(-c3cc(N4CCOCC4)nc([C@H](O)CO)n3)n2)c1. The zero-order chi connectivity index (χ0) is 20.4. The topological polar surface area (TPSA) is 96.5 Å². The fourth-order valence-electron chi connectivity index (χ4n) is 3.39. The third kappa shape index (κ3) is 4.14. The summed E-state index contributed by atoms with van der Waals surface area (Å²) in [6.07, 6.45) is -1.15. The van der Waals surface area contributed by atoms with Gasteiger partial charge in [0.1, 0.15) is 11.9 Å². The van der Waals surface area contributed by atoms with E-state index in [0.717, 1.165) is 17.0 Å². The zero-order valence-electron chi connectivity index (χ0n) is 16.6. The van der Waals surface area contributed by atoms with E-state index in [1.807, 2.05) is 31.2 Å². The molecule has 3 heterocycles. The van der Waals surface area contributed by atoms with Gasteiger partial charge in [-0.25, -0.2) is 14.6 Å². The van der Waals surface area contributed by atoms with Crippen LogP contribution in [0.3, 0.4) is 0 Å². The molecule has 0 radical (unpaired) electrons. The highest BCUT2D eigenvalue weighted by molar-refractivity contribution is 5.61. The Kier molecular flexibility index (Phi) is 5.57. The molecular weight excluding hydrogens is 370 g/mol. The fourth-order valence-corrected chi connectivity index (χ4v) is 3.39. The molecule has 0 spiro atoms. The molecule has 1 saturated heterocycles. The van der Waals surface area contributed by atoms with Crippen LogP contribution in [0.1, 0.15) is 23.2 Å². The molecule has 1 aliphatic rings. The maximum Gasteiger partial charge on any atom is 0.164 e. The van der Waals surface area contributed by atoms with Crippen molar-refractivity contribution in [1.82, 2.24) is 19.7 Å². The third-order valence-electron chi connectivity index (χ3n) is 4.94. The van der Waals surface area contributed by atoms with Crippen molar-refractivity contribution in [3.05, 3.63) is 53.5 Å². The average molecular weight is 395 g/mol. The summed E-state index contributed by atoms with van der Waals surface area (Å²) in [5.41, 5.74) is 3.96. The summed E-state index contributed by atoms with van der Waals surface area (Å²) in [6, 6.07) is 12.0. The van der Waals surface area contributed by atoms with Crippen molar-refractivity contribution in [2.75, 3.05) is 37.8 Å². The maximum absolute atomic E-state index is 10.2. The highest BCUT2D eigenvalue weighted by atomic mass is 16.5. The Morgan fingerprint density at radius 3 is 2.55 bits per heavy atom. The van der Waals surface area contributed by atoms with Crippen LogP contribution >= 0.6 is 0 Å². The van der Waals surface area contributed by atoms with Crippen LogP contribution in [-0.2, 0) is 4.74 Å². The summed E-state index contributed by atoms with van der Waals surface area (Å²) in [7, 11) is 0. The molecule has 1 aromatic carbocycles. The van der Waals surface area contributed by atoms with Crippen LogP contribution in [0.2, 0.25) is 0 Å². The van der Waals surface area contributed by atoms with Crippen molar-refractivity contribution >= 4 is 5.82 Å². The molecular formula is C21H25N5O3. The second-order valence-corrected chi connectivity index (χ2v) is 7.19. The van der Waals surface area contributed by atoms with Crippen molar-refractivity contribution in [2.24, 2.45) is 0 Å². The molecule has 2 aromatic heterocycles. The minimum absolute atomic E-state index is 0.179. The van der Waals surface area contributed by atoms with Crippen LogP contribution in [0.15, 0.2) is 36.4 Å². The number of aromatic nitrogens is 4. The predicted octanol–water partition coefficient (Wildman–Crippen LogP) is 1.81. The molecule has 0 saturated carbocycles. The van der Waals surface area contributed by atoms with Crippen LogP contribution < -0.4 is 4.90 Å². The predicted molar refractivity (Wildman–Crippen MR) is 109 cm³/mol. The number of ether oxygens (including phenoxy) is 1. The lowest BCUT2D eigenvalue weighted by molar-refractivity contribution is 0.0884. The molecule has 1 atom stereocenters. The normalized spacial score (nSPS) is 15.5. The first-order chi connectivity index (χ1) is 14.0. The minimum Gasteiger partial charge on any atom is -0.393 e. The summed E-state index contributed by atoms with van der Waals surface area (Å²) in [5, 5.41) is 24.3. The Morgan fingerprint density at radius 1 is 1.07 bits per heavy atom. The van der Waals surface area contributed by atoms with Gasteiger partial charge in [0.25, 0.3) is 0 Å².